The molecule has 0 saturated heterocycles. The third-order valence-corrected chi connectivity index (χ3v) is 5.64. The molecule has 0 atom stereocenters. The normalized spacial score (nSPS) is 13.9. The summed E-state index contributed by atoms with van der Waals surface area (Å²) in [7, 11) is -8.70. The summed E-state index contributed by atoms with van der Waals surface area (Å²) in [6.45, 7) is 0. The second-order valence-electron chi connectivity index (χ2n) is 4.37. The predicted octanol–water partition coefficient (Wildman–Crippen LogP) is 2.44. The molecule has 22 heavy (non-hydrogen) atoms. The first-order valence-corrected chi connectivity index (χ1v) is 9.43. The van der Waals surface area contributed by atoms with Crippen molar-refractivity contribution >= 4 is 32.0 Å². The summed E-state index contributed by atoms with van der Waals surface area (Å²) in [4.78, 5) is 0.207. The summed E-state index contributed by atoms with van der Waals surface area (Å²) in [5.41, 5.74) is 0. The van der Waals surface area contributed by atoms with Crippen LogP contribution in [-0.2, 0) is 20.2 Å². The van der Waals surface area contributed by atoms with E-state index in [9.17, 15) is 16.8 Å². The molecule has 0 bridgehead atoms. The van der Waals surface area contributed by atoms with Gasteiger partial charge in [0.1, 0.15) is 11.5 Å². The van der Waals surface area contributed by atoms with Crippen molar-refractivity contribution in [2.45, 2.75) is 19.6 Å². The van der Waals surface area contributed by atoms with Gasteiger partial charge < -0.3 is 4.74 Å². The van der Waals surface area contributed by atoms with Gasteiger partial charge in [0.2, 0.25) is 0 Å². The highest BCUT2D eigenvalue weighted by atomic mass is 32.2. The van der Waals surface area contributed by atoms with Crippen molar-refractivity contribution in [1.82, 2.24) is 0 Å². The average molecular weight is 360 g/mol. The number of fused-ring (bicyclic) bond motifs is 2. The molecular formula is C12H8O7S3. The van der Waals surface area contributed by atoms with E-state index >= 15 is 0 Å². The van der Waals surface area contributed by atoms with Crippen molar-refractivity contribution in [3.8, 4) is 11.5 Å². The molecule has 0 fully saturated rings. The van der Waals surface area contributed by atoms with Crippen LogP contribution in [0.2, 0.25) is 0 Å². The minimum Gasteiger partial charge on any atom is -0.455 e. The molecule has 0 amide bonds. The molecule has 2 aromatic rings. The first kappa shape index (κ1) is 15.3. The molecule has 116 valence electrons. The van der Waals surface area contributed by atoms with Gasteiger partial charge in [-0.2, -0.15) is 16.8 Å². The molecule has 0 unspecified atom stereocenters. The summed E-state index contributed by atoms with van der Waals surface area (Å²) < 4.78 is 68.2. The largest absolute Gasteiger partial charge is 0.455 e. The number of hydrogen-bond donors (Lipinski definition) is 2. The van der Waals surface area contributed by atoms with E-state index in [1.807, 2.05) is 0 Å². The van der Waals surface area contributed by atoms with E-state index in [0.29, 0.717) is 21.3 Å². The second kappa shape index (κ2) is 4.96. The quantitative estimate of drug-likeness (QED) is 0.669. The summed E-state index contributed by atoms with van der Waals surface area (Å²) in [6, 6.07) is 7.63. The fourth-order valence-corrected chi connectivity index (χ4v) is 4.05. The zero-order valence-electron chi connectivity index (χ0n) is 10.6. The van der Waals surface area contributed by atoms with E-state index in [0.717, 1.165) is 11.8 Å². The molecule has 0 saturated carbocycles. The minimum atomic E-state index is -4.35. The number of ether oxygens (including phenoxy) is 1. The Morgan fingerprint density at radius 1 is 0.773 bits per heavy atom. The molecule has 1 aliphatic heterocycles. The van der Waals surface area contributed by atoms with Gasteiger partial charge in [0.05, 0.1) is 19.6 Å². The maximum atomic E-state index is 11.1. The maximum Gasteiger partial charge on any atom is 0.294 e. The number of benzene rings is 2. The molecule has 0 aromatic heterocycles. The van der Waals surface area contributed by atoms with Crippen LogP contribution in [0.3, 0.4) is 0 Å². The van der Waals surface area contributed by atoms with Crippen LogP contribution in [0.5, 0.6) is 11.5 Å². The average Bonchev–Trinajstić information content (AvgIpc) is 2.41. The summed E-state index contributed by atoms with van der Waals surface area (Å²) in [5.74, 6) is 0.758. The number of rotatable bonds is 2. The van der Waals surface area contributed by atoms with Crippen molar-refractivity contribution in [2.75, 3.05) is 0 Å². The Bertz CT molecular complexity index is 898. The maximum absolute atomic E-state index is 11.1. The van der Waals surface area contributed by atoms with E-state index in [1.165, 1.54) is 36.4 Å². The van der Waals surface area contributed by atoms with Gasteiger partial charge in [-0.25, -0.2) is 0 Å². The van der Waals surface area contributed by atoms with Crippen LogP contribution in [0.1, 0.15) is 0 Å². The highest BCUT2D eigenvalue weighted by molar-refractivity contribution is 7.99. The van der Waals surface area contributed by atoms with E-state index in [1.54, 1.807) is 0 Å². The van der Waals surface area contributed by atoms with Gasteiger partial charge in [0.15, 0.2) is 0 Å². The molecular weight excluding hydrogens is 352 g/mol. The molecule has 0 aliphatic carbocycles. The van der Waals surface area contributed by atoms with Gasteiger partial charge in [0.25, 0.3) is 20.2 Å². The Kier molecular flexibility index (Phi) is 3.45. The molecule has 1 aliphatic rings. The van der Waals surface area contributed by atoms with Crippen molar-refractivity contribution in [1.29, 1.82) is 0 Å². The number of hydrogen-bond acceptors (Lipinski definition) is 6. The van der Waals surface area contributed by atoms with Crippen molar-refractivity contribution in [2.24, 2.45) is 0 Å². The minimum absolute atomic E-state index is 0.295. The Labute approximate surface area is 130 Å². The fraction of sp³-hybridized carbons (Fsp3) is 0. The molecule has 1 heterocycles. The Hall–Kier alpha value is -1.59. The van der Waals surface area contributed by atoms with Gasteiger partial charge in [-0.15, -0.1) is 0 Å². The zero-order chi connectivity index (χ0) is 16.1. The van der Waals surface area contributed by atoms with Crippen LogP contribution < -0.4 is 4.74 Å². The Morgan fingerprint density at radius 2 is 1.18 bits per heavy atom. The first-order chi connectivity index (χ1) is 10.1. The summed E-state index contributed by atoms with van der Waals surface area (Å²) >= 11 is 1.07. The molecule has 7 nitrogen and oxygen atoms in total. The lowest BCUT2D eigenvalue weighted by atomic mass is 10.3. The Balaban J connectivity index is 2.08. The SMILES string of the molecule is O=S(=O)(O)c1ccc2c(c1)Sc1cc(S(=O)(=O)O)ccc1O2. The molecule has 10 heteroatoms. The lowest BCUT2D eigenvalue weighted by Gasteiger charge is -2.20. The highest BCUT2D eigenvalue weighted by Gasteiger charge is 2.22. The van der Waals surface area contributed by atoms with E-state index in [4.69, 9.17) is 13.8 Å². The monoisotopic (exact) mass is 360 g/mol. The van der Waals surface area contributed by atoms with Gasteiger partial charge in [-0.3, -0.25) is 9.11 Å². The van der Waals surface area contributed by atoms with Crippen LogP contribution in [0.4, 0.5) is 0 Å². The Morgan fingerprint density at radius 3 is 1.55 bits per heavy atom. The topological polar surface area (TPSA) is 118 Å². The highest BCUT2D eigenvalue weighted by Crippen LogP contribution is 2.48. The van der Waals surface area contributed by atoms with E-state index in [-0.39, 0.29) is 9.79 Å². The first-order valence-electron chi connectivity index (χ1n) is 5.73. The van der Waals surface area contributed by atoms with Crippen molar-refractivity contribution < 1.29 is 30.7 Å². The van der Waals surface area contributed by atoms with Crippen molar-refractivity contribution in [3.05, 3.63) is 36.4 Å². The third kappa shape index (κ3) is 2.83. The molecule has 0 spiro atoms. The van der Waals surface area contributed by atoms with Crippen LogP contribution in [0, 0.1) is 0 Å². The summed E-state index contributed by atoms with van der Waals surface area (Å²) in [5, 5.41) is 0. The third-order valence-electron chi connectivity index (χ3n) is 2.87. The lowest BCUT2D eigenvalue weighted by Crippen LogP contribution is -2.02. The van der Waals surface area contributed by atoms with E-state index < -0.39 is 20.2 Å². The molecule has 2 aromatic carbocycles. The summed E-state index contributed by atoms with van der Waals surface area (Å²) in [6.07, 6.45) is 0. The van der Waals surface area contributed by atoms with Crippen LogP contribution in [0.15, 0.2) is 56.0 Å². The molecule has 0 radical (unpaired) electrons. The lowest BCUT2D eigenvalue weighted by molar-refractivity contribution is 0.451. The van der Waals surface area contributed by atoms with Crippen LogP contribution in [-0.4, -0.2) is 25.9 Å². The van der Waals surface area contributed by atoms with Gasteiger partial charge in [-0.1, -0.05) is 11.8 Å². The molecule has 3 rings (SSSR count). The standard InChI is InChI=1S/C12H8O7S3/c13-21(14,15)7-1-3-9-11(5-7)20-12-6-8(22(16,17)18)2-4-10(12)19-9/h1-6H,(H,13,14,15)(H,16,17,18). The molecule has 2 N–H and O–H groups in total. The van der Waals surface area contributed by atoms with Gasteiger partial charge >= 0.3 is 0 Å². The van der Waals surface area contributed by atoms with Crippen LogP contribution >= 0.6 is 11.8 Å². The zero-order valence-corrected chi connectivity index (χ0v) is 13.1. The van der Waals surface area contributed by atoms with Crippen molar-refractivity contribution in [3.63, 3.8) is 0 Å². The fourth-order valence-electron chi connectivity index (χ4n) is 1.86. The van der Waals surface area contributed by atoms with Gasteiger partial charge in [-0.05, 0) is 36.4 Å². The van der Waals surface area contributed by atoms with Crippen LogP contribution in [0.25, 0.3) is 0 Å². The smallest absolute Gasteiger partial charge is 0.294 e. The second-order valence-corrected chi connectivity index (χ2v) is 8.30. The predicted molar refractivity (Wildman–Crippen MR) is 76.7 cm³/mol. The van der Waals surface area contributed by atoms with Gasteiger partial charge in [0, 0.05) is 0 Å². The van der Waals surface area contributed by atoms with E-state index in [2.05, 4.69) is 0 Å².